The fraction of sp³-hybridized carbons (Fsp3) is 0. The van der Waals surface area contributed by atoms with Crippen LogP contribution in [0, 0.1) is 0 Å². The molecule has 6 heavy (non-hydrogen) atoms. The summed E-state index contributed by atoms with van der Waals surface area (Å²) in [7, 11) is 0. The van der Waals surface area contributed by atoms with Crippen molar-refractivity contribution in [3.63, 3.8) is 0 Å². The van der Waals surface area contributed by atoms with Crippen molar-refractivity contribution in [1.29, 1.82) is 0 Å². The molecule has 0 spiro atoms. The molecule has 0 atom stereocenters. The summed E-state index contributed by atoms with van der Waals surface area (Å²) in [4.78, 5) is 0. The van der Waals surface area contributed by atoms with Crippen LogP contribution in [0.2, 0.25) is 0 Å². The number of hydrogen-bond acceptors (Lipinski definition) is 1. The Kier molecular flexibility index (Phi) is 24.5. The van der Waals surface area contributed by atoms with Gasteiger partial charge in [0.15, 0.2) is 0 Å². The van der Waals surface area contributed by atoms with Gasteiger partial charge >= 0.3 is 0 Å². The Balaban J connectivity index is -0.0000000450. The molecule has 38 valence electrons. The number of thiocarbonyl (C=S) groups is 1. The zero-order valence-corrected chi connectivity index (χ0v) is 6.56. The molecule has 0 fully saturated rings. The largest absolute Gasteiger partial charge is 0.412 e. The number of nitrogens with two attached hydrogens (primary N) is 1. The minimum absolute atomic E-state index is 0. The van der Waals surface area contributed by atoms with Gasteiger partial charge in [0, 0.05) is 21.1 Å². The minimum Gasteiger partial charge on any atom is -0.412 e. The van der Waals surface area contributed by atoms with Gasteiger partial charge in [-0.3, -0.25) is 0 Å². The van der Waals surface area contributed by atoms with Gasteiger partial charge in [-0.15, -0.1) is 12.6 Å². The van der Waals surface area contributed by atoms with Crippen LogP contribution in [-0.2, 0) is 21.1 Å². The predicted octanol–water partition coefficient (Wildman–Crippen LogP) is -0.667. The van der Waals surface area contributed by atoms with Crippen molar-refractivity contribution in [1.82, 2.24) is 0 Å². The van der Waals surface area contributed by atoms with Crippen molar-refractivity contribution in [2.45, 2.75) is 0 Å². The third-order valence-corrected chi connectivity index (χ3v) is 0. The van der Waals surface area contributed by atoms with E-state index in [1.807, 2.05) is 0 Å². The molecule has 5 heteroatoms. The first-order valence-corrected chi connectivity index (χ1v) is 1.57. The van der Waals surface area contributed by atoms with E-state index in [4.69, 9.17) is 5.73 Å². The quantitative estimate of drug-likeness (QED) is 0.314. The van der Waals surface area contributed by atoms with Crippen LogP contribution in [0.4, 0.5) is 0 Å². The average Bonchev–Trinajstić information content (AvgIpc) is 0.811. The van der Waals surface area contributed by atoms with Gasteiger partial charge in [-0.1, -0.05) is 12.2 Å². The third-order valence-electron chi connectivity index (χ3n) is 0. The van der Waals surface area contributed by atoms with E-state index in [1.165, 1.54) is 0 Å². The molecule has 0 saturated carbocycles. The van der Waals surface area contributed by atoms with E-state index in [0.717, 1.165) is 0 Å². The summed E-state index contributed by atoms with van der Waals surface area (Å²) in [6.07, 6.45) is 0. The first kappa shape index (κ1) is 15.8. The summed E-state index contributed by atoms with van der Waals surface area (Å²) in [5.74, 6) is 0. The minimum atomic E-state index is 0. The van der Waals surface area contributed by atoms with Crippen molar-refractivity contribution >= 4 is 29.2 Å². The molecular weight excluding hydrogens is 202 g/mol. The van der Waals surface area contributed by atoms with E-state index in [-0.39, 0.29) is 30.9 Å². The Morgan fingerprint density at radius 1 is 1.67 bits per heavy atom. The molecule has 4 N–H and O–H groups in total. The molecule has 0 amide bonds. The van der Waals surface area contributed by atoms with Crippen LogP contribution in [0.5, 0.6) is 0 Å². The molecule has 0 radical (unpaired) electrons. The van der Waals surface area contributed by atoms with Crippen LogP contribution < -0.4 is 5.73 Å². The molecule has 0 aromatic carbocycles. The topological polar surface area (TPSA) is 57.5 Å². The number of hydrogen-bond donors (Lipinski definition) is 2. The maximum Gasteiger partial charge on any atom is 0.128 e. The summed E-state index contributed by atoms with van der Waals surface area (Å²) in [5.41, 5.74) is 4.71. The monoisotopic (exact) mass is 209 g/mol. The van der Waals surface area contributed by atoms with Gasteiger partial charge in [0.2, 0.25) is 0 Å². The molecule has 0 aliphatic heterocycles. The average molecular weight is 207 g/mol. The first-order valence-electron chi connectivity index (χ1n) is 0.716. The molecule has 0 bridgehead atoms. The third kappa shape index (κ3) is 93.7. The van der Waals surface area contributed by atoms with E-state index in [9.17, 15) is 0 Å². The normalized spacial score (nSPS) is 4.17. The Morgan fingerprint density at radius 3 is 1.67 bits per heavy atom. The molecule has 2 nitrogen and oxygen atoms in total. The van der Waals surface area contributed by atoms with Crippen molar-refractivity contribution in [2.75, 3.05) is 0 Å². The molecule has 0 aromatic heterocycles. The fourth-order valence-electron chi connectivity index (χ4n) is 0. The standard InChI is InChI=1S/CH3NS2.Mo.H2O/c2-1(3)4;;/h(H3,2,3,4);;1H2. The second kappa shape index (κ2) is 9.31. The van der Waals surface area contributed by atoms with Crippen LogP contribution in [0.25, 0.3) is 0 Å². The number of rotatable bonds is 0. The van der Waals surface area contributed by atoms with E-state index in [0.29, 0.717) is 0 Å². The fourth-order valence-corrected chi connectivity index (χ4v) is 0. The van der Waals surface area contributed by atoms with Gasteiger partial charge in [-0.2, -0.15) is 0 Å². The van der Waals surface area contributed by atoms with Gasteiger partial charge in [0.05, 0.1) is 0 Å². The van der Waals surface area contributed by atoms with Crippen LogP contribution in [-0.4, -0.2) is 9.80 Å². The maximum absolute atomic E-state index is 4.71. The Labute approximate surface area is 61.5 Å². The molecule has 0 aliphatic rings. The van der Waals surface area contributed by atoms with Crippen molar-refractivity contribution in [2.24, 2.45) is 5.73 Å². The van der Waals surface area contributed by atoms with Crippen molar-refractivity contribution in [3.8, 4) is 0 Å². The van der Waals surface area contributed by atoms with Crippen LogP contribution in [0.1, 0.15) is 0 Å². The molecule has 0 unspecified atom stereocenters. The summed E-state index contributed by atoms with van der Waals surface area (Å²) < 4.78 is 0.194. The van der Waals surface area contributed by atoms with E-state index >= 15 is 0 Å². The van der Waals surface area contributed by atoms with Gasteiger partial charge in [0.1, 0.15) is 4.32 Å². The number of thiol groups is 1. The molecule has 0 rings (SSSR count). The molecular formula is CH5MoNOS2. The summed E-state index contributed by atoms with van der Waals surface area (Å²) in [6, 6.07) is 0. The van der Waals surface area contributed by atoms with Gasteiger partial charge in [0.25, 0.3) is 0 Å². The predicted molar refractivity (Wildman–Crippen MR) is 29.4 cm³/mol. The zero-order chi connectivity index (χ0) is 3.58. The second-order valence-electron chi connectivity index (χ2n) is 0.338. The van der Waals surface area contributed by atoms with Gasteiger partial charge in [-0.25, -0.2) is 0 Å². The summed E-state index contributed by atoms with van der Waals surface area (Å²) in [5, 5.41) is 0. The van der Waals surface area contributed by atoms with Crippen molar-refractivity contribution in [3.05, 3.63) is 0 Å². The van der Waals surface area contributed by atoms with E-state index in [2.05, 4.69) is 24.8 Å². The van der Waals surface area contributed by atoms with Gasteiger partial charge < -0.3 is 11.2 Å². The Bertz CT molecular complexity index is 36.5. The zero-order valence-electron chi connectivity index (χ0n) is 2.84. The van der Waals surface area contributed by atoms with E-state index in [1.54, 1.807) is 0 Å². The first-order chi connectivity index (χ1) is 1.73. The second-order valence-corrected chi connectivity index (χ2v) is 1.56. The molecule has 0 saturated heterocycles. The summed E-state index contributed by atoms with van der Waals surface area (Å²) in [6.45, 7) is 0. The van der Waals surface area contributed by atoms with Crippen LogP contribution >= 0.6 is 24.8 Å². The van der Waals surface area contributed by atoms with Gasteiger partial charge in [-0.05, 0) is 0 Å². The van der Waals surface area contributed by atoms with E-state index < -0.39 is 0 Å². The van der Waals surface area contributed by atoms with Crippen LogP contribution in [0.3, 0.4) is 0 Å². The summed E-state index contributed by atoms with van der Waals surface area (Å²) >= 11 is 7.65. The Hall–Kier alpha value is 0.888. The van der Waals surface area contributed by atoms with Crippen molar-refractivity contribution < 1.29 is 26.5 Å². The molecule has 0 aromatic rings. The smallest absolute Gasteiger partial charge is 0.128 e. The van der Waals surface area contributed by atoms with Crippen LogP contribution in [0.15, 0.2) is 0 Å². The SMILES string of the molecule is NC(=S)S.O.[Mo]. The maximum atomic E-state index is 4.71. The molecule has 0 aliphatic carbocycles. The Morgan fingerprint density at radius 2 is 1.67 bits per heavy atom. The molecule has 0 heterocycles.